The van der Waals surface area contributed by atoms with Gasteiger partial charge >= 0.3 is 12.1 Å². The Morgan fingerprint density at radius 3 is 2.38 bits per heavy atom. The van der Waals surface area contributed by atoms with Crippen LogP contribution in [0.5, 0.6) is 0 Å². The van der Waals surface area contributed by atoms with E-state index in [4.69, 9.17) is 4.74 Å². The van der Waals surface area contributed by atoms with Gasteiger partial charge in [0.2, 0.25) is 0 Å². The summed E-state index contributed by atoms with van der Waals surface area (Å²) in [6.45, 7) is 8.26. The minimum atomic E-state index is -0.454. The summed E-state index contributed by atoms with van der Waals surface area (Å²) in [4.78, 5) is 31.6. The molecule has 0 spiro atoms. The smallest absolute Gasteiger partial charge is 0.409 e. The van der Waals surface area contributed by atoms with Crippen LogP contribution in [0.3, 0.4) is 0 Å². The Morgan fingerprint density at radius 2 is 1.88 bits per heavy atom. The van der Waals surface area contributed by atoms with Gasteiger partial charge in [-0.25, -0.2) is 14.6 Å². The van der Waals surface area contributed by atoms with E-state index in [0.717, 1.165) is 5.69 Å². The van der Waals surface area contributed by atoms with E-state index in [1.54, 1.807) is 17.2 Å². The summed E-state index contributed by atoms with van der Waals surface area (Å²) in [5.41, 5.74) is 1.11. The lowest BCUT2D eigenvalue weighted by atomic mass is 9.84. The van der Waals surface area contributed by atoms with E-state index >= 15 is 0 Å². The molecule has 1 aromatic heterocycles. The molecule has 2 rings (SSSR count). The van der Waals surface area contributed by atoms with Crippen LogP contribution in [0.4, 0.5) is 10.5 Å². The molecule has 0 saturated carbocycles. The number of pyridine rings is 1. The number of anilines is 1. The molecule has 0 N–H and O–H groups in total. The molecule has 1 aliphatic rings. The van der Waals surface area contributed by atoms with Crippen LogP contribution in [0, 0.1) is 5.41 Å². The van der Waals surface area contributed by atoms with Crippen molar-refractivity contribution in [1.82, 2.24) is 9.88 Å². The Morgan fingerprint density at radius 1 is 1.17 bits per heavy atom. The molecule has 0 aliphatic carbocycles. The van der Waals surface area contributed by atoms with Crippen LogP contribution < -0.4 is 4.90 Å². The molecule has 1 saturated heterocycles. The lowest BCUT2D eigenvalue weighted by molar-refractivity contribution is 0.0592. The van der Waals surface area contributed by atoms with Crippen molar-refractivity contribution in [3.63, 3.8) is 0 Å². The maximum absolute atomic E-state index is 12.0. The Balaban J connectivity index is 2.19. The van der Waals surface area contributed by atoms with E-state index in [2.05, 4.69) is 35.4 Å². The molecule has 0 bridgehead atoms. The van der Waals surface area contributed by atoms with Crippen molar-refractivity contribution < 1.29 is 19.1 Å². The maximum atomic E-state index is 12.0. The number of methoxy groups -OCH3 is 2. The van der Waals surface area contributed by atoms with Crippen LogP contribution in [0.25, 0.3) is 0 Å². The molecule has 1 atom stereocenters. The zero-order chi connectivity index (χ0) is 17.9. The van der Waals surface area contributed by atoms with Crippen LogP contribution in [-0.2, 0) is 9.47 Å². The van der Waals surface area contributed by atoms with Crippen LogP contribution in [-0.4, -0.2) is 61.8 Å². The number of esters is 1. The number of nitrogens with zero attached hydrogens (tertiary/aromatic N) is 3. The third-order valence-electron chi connectivity index (χ3n) is 4.30. The van der Waals surface area contributed by atoms with Crippen molar-refractivity contribution in [2.45, 2.75) is 26.8 Å². The van der Waals surface area contributed by atoms with Gasteiger partial charge in [0, 0.05) is 19.6 Å². The number of carbonyl (C=O) groups is 2. The molecule has 7 nitrogen and oxygen atoms in total. The summed E-state index contributed by atoms with van der Waals surface area (Å²) >= 11 is 0. The number of hydrogen-bond acceptors (Lipinski definition) is 6. The lowest BCUT2D eigenvalue weighted by Crippen LogP contribution is -2.59. The van der Waals surface area contributed by atoms with Crippen molar-refractivity contribution in [3.8, 4) is 0 Å². The number of aromatic nitrogens is 1. The second kappa shape index (κ2) is 7.07. The molecule has 132 valence electrons. The predicted octanol–water partition coefficient (Wildman–Crippen LogP) is 2.17. The zero-order valence-corrected chi connectivity index (χ0v) is 14.9. The standard InChI is InChI=1S/C17H25N3O4/c1-17(2,3)14-11-19(8-9-20(14)16(22)24-5)12-6-7-13(18-10-12)15(21)23-4/h6-7,10,14H,8-9,11H2,1-5H3. The fraction of sp³-hybridized carbons (Fsp3) is 0.588. The Hall–Kier alpha value is -2.31. The van der Waals surface area contributed by atoms with Gasteiger partial charge in [0.15, 0.2) is 0 Å². The van der Waals surface area contributed by atoms with Gasteiger partial charge in [-0.2, -0.15) is 0 Å². The molecule has 0 aromatic carbocycles. The lowest BCUT2D eigenvalue weighted by Gasteiger charge is -2.47. The molecule has 1 unspecified atom stereocenters. The fourth-order valence-corrected chi connectivity index (χ4v) is 2.89. The van der Waals surface area contributed by atoms with E-state index in [1.807, 2.05) is 6.07 Å². The van der Waals surface area contributed by atoms with E-state index in [0.29, 0.717) is 19.6 Å². The minimum Gasteiger partial charge on any atom is -0.464 e. The largest absolute Gasteiger partial charge is 0.464 e. The van der Waals surface area contributed by atoms with Gasteiger partial charge in [-0.05, 0) is 17.5 Å². The van der Waals surface area contributed by atoms with Crippen LogP contribution in [0.1, 0.15) is 31.3 Å². The number of carbonyl (C=O) groups excluding carboxylic acids is 2. The Labute approximate surface area is 142 Å². The Kier molecular flexibility index (Phi) is 5.31. The topological polar surface area (TPSA) is 72.0 Å². The highest BCUT2D eigenvalue weighted by Gasteiger charge is 2.38. The second-order valence-corrected chi connectivity index (χ2v) is 6.88. The van der Waals surface area contributed by atoms with Gasteiger partial charge in [-0.1, -0.05) is 20.8 Å². The second-order valence-electron chi connectivity index (χ2n) is 6.88. The molecule has 1 amide bonds. The fourth-order valence-electron chi connectivity index (χ4n) is 2.89. The highest BCUT2D eigenvalue weighted by molar-refractivity contribution is 5.87. The molecule has 1 fully saturated rings. The van der Waals surface area contributed by atoms with Crippen LogP contribution in [0.15, 0.2) is 18.3 Å². The van der Waals surface area contributed by atoms with Crippen molar-refractivity contribution in [2.75, 3.05) is 38.8 Å². The first kappa shape index (κ1) is 18.0. The molecule has 7 heteroatoms. The van der Waals surface area contributed by atoms with E-state index in [9.17, 15) is 9.59 Å². The van der Waals surface area contributed by atoms with Crippen molar-refractivity contribution >= 4 is 17.7 Å². The average Bonchev–Trinajstić information content (AvgIpc) is 2.59. The summed E-state index contributed by atoms with van der Waals surface area (Å²) < 4.78 is 9.58. The first-order chi connectivity index (χ1) is 11.3. The molecule has 2 heterocycles. The quantitative estimate of drug-likeness (QED) is 0.771. The summed E-state index contributed by atoms with van der Waals surface area (Å²) in [5.74, 6) is -0.454. The third kappa shape index (κ3) is 3.77. The number of amides is 1. The highest BCUT2D eigenvalue weighted by atomic mass is 16.5. The summed E-state index contributed by atoms with van der Waals surface area (Å²) in [5, 5.41) is 0. The normalized spacial score (nSPS) is 18.3. The number of ether oxygens (including phenoxy) is 2. The summed E-state index contributed by atoms with van der Waals surface area (Å²) in [6, 6.07) is 3.52. The van der Waals surface area contributed by atoms with Crippen molar-refractivity contribution in [1.29, 1.82) is 0 Å². The first-order valence-electron chi connectivity index (χ1n) is 7.92. The van der Waals surface area contributed by atoms with Gasteiger partial charge in [-0.15, -0.1) is 0 Å². The third-order valence-corrected chi connectivity index (χ3v) is 4.30. The number of rotatable bonds is 2. The SMILES string of the molecule is COC(=O)c1ccc(N2CCN(C(=O)OC)C(C(C)(C)C)C2)cn1. The van der Waals surface area contributed by atoms with Gasteiger partial charge in [0.05, 0.1) is 32.1 Å². The van der Waals surface area contributed by atoms with Crippen LogP contribution in [0.2, 0.25) is 0 Å². The van der Waals surface area contributed by atoms with Crippen molar-refractivity contribution in [2.24, 2.45) is 5.41 Å². The molecular weight excluding hydrogens is 310 g/mol. The van der Waals surface area contributed by atoms with Gasteiger partial charge in [-0.3, -0.25) is 0 Å². The minimum absolute atomic E-state index is 0.0129. The first-order valence-corrected chi connectivity index (χ1v) is 7.92. The summed E-state index contributed by atoms with van der Waals surface area (Å²) in [7, 11) is 2.74. The predicted molar refractivity (Wildman–Crippen MR) is 90.1 cm³/mol. The average molecular weight is 335 g/mol. The molecule has 0 radical (unpaired) electrons. The molecular formula is C17H25N3O4. The van der Waals surface area contributed by atoms with Crippen LogP contribution >= 0.6 is 0 Å². The molecule has 1 aliphatic heterocycles. The van der Waals surface area contributed by atoms with E-state index < -0.39 is 5.97 Å². The van der Waals surface area contributed by atoms with E-state index in [-0.39, 0.29) is 23.2 Å². The van der Waals surface area contributed by atoms with Gasteiger partial charge in [0.25, 0.3) is 0 Å². The number of hydrogen-bond donors (Lipinski definition) is 0. The summed E-state index contributed by atoms with van der Waals surface area (Å²) in [6.07, 6.45) is 1.37. The maximum Gasteiger partial charge on any atom is 0.409 e. The number of piperazine rings is 1. The molecule has 24 heavy (non-hydrogen) atoms. The highest BCUT2D eigenvalue weighted by Crippen LogP contribution is 2.30. The Bertz CT molecular complexity index is 595. The van der Waals surface area contributed by atoms with Gasteiger partial charge in [0.1, 0.15) is 5.69 Å². The monoisotopic (exact) mass is 335 g/mol. The van der Waals surface area contributed by atoms with Gasteiger partial charge < -0.3 is 19.3 Å². The van der Waals surface area contributed by atoms with E-state index in [1.165, 1.54) is 14.2 Å². The molecule has 1 aromatic rings. The zero-order valence-electron chi connectivity index (χ0n) is 14.9. The van der Waals surface area contributed by atoms with Crippen molar-refractivity contribution in [3.05, 3.63) is 24.0 Å².